The van der Waals surface area contributed by atoms with E-state index in [-0.39, 0.29) is 11.6 Å². The standard InChI is InChI=1S/C18H23N3O2/c1-23-13-18(10-5-11-20-18)12-19-17(22)21-16-9-4-7-14-6-2-3-8-15(14)16/h2-4,6-9,20H,5,10-13H2,1H3,(H2,19,21,22). The van der Waals surface area contributed by atoms with Crippen LogP contribution < -0.4 is 16.0 Å². The van der Waals surface area contributed by atoms with E-state index in [1.54, 1.807) is 7.11 Å². The van der Waals surface area contributed by atoms with Crippen LogP contribution in [-0.2, 0) is 4.74 Å². The van der Waals surface area contributed by atoms with Gasteiger partial charge in [-0.1, -0.05) is 36.4 Å². The van der Waals surface area contributed by atoms with Crippen LogP contribution in [0.25, 0.3) is 10.8 Å². The van der Waals surface area contributed by atoms with Gasteiger partial charge in [-0.15, -0.1) is 0 Å². The number of anilines is 1. The quantitative estimate of drug-likeness (QED) is 0.795. The summed E-state index contributed by atoms with van der Waals surface area (Å²) in [6.45, 7) is 2.12. The second-order valence-electron chi connectivity index (χ2n) is 6.08. The molecule has 23 heavy (non-hydrogen) atoms. The number of methoxy groups -OCH3 is 1. The van der Waals surface area contributed by atoms with Gasteiger partial charge in [-0.05, 0) is 30.8 Å². The summed E-state index contributed by atoms with van der Waals surface area (Å²) in [5.74, 6) is 0. The number of amides is 2. The smallest absolute Gasteiger partial charge is 0.319 e. The SMILES string of the molecule is COCC1(CNC(=O)Nc2cccc3ccccc23)CCCN1. The predicted molar refractivity (Wildman–Crippen MR) is 92.8 cm³/mol. The highest BCUT2D eigenvalue weighted by atomic mass is 16.5. The number of ether oxygens (including phenoxy) is 1. The van der Waals surface area contributed by atoms with Gasteiger partial charge in [0.2, 0.25) is 0 Å². The van der Waals surface area contributed by atoms with Gasteiger partial charge in [0.25, 0.3) is 0 Å². The first kappa shape index (κ1) is 15.8. The molecule has 0 radical (unpaired) electrons. The predicted octanol–water partition coefficient (Wildman–Crippen LogP) is 2.73. The Balaban J connectivity index is 1.65. The molecule has 1 unspecified atom stereocenters. The maximum atomic E-state index is 12.3. The summed E-state index contributed by atoms with van der Waals surface area (Å²) in [6, 6.07) is 13.7. The fraction of sp³-hybridized carbons (Fsp3) is 0.389. The maximum absolute atomic E-state index is 12.3. The lowest BCUT2D eigenvalue weighted by Gasteiger charge is -2.29. The normalized spacial score (nSPS) is 20.6. The van der Waals surface area contributed by atoms with E-state index in [9.17, 15) is 4.79 Å². The fourth-order valence-electron chi connectivity index (χ4n) is 3.22. The van der Waals surface area contributed by atoms with Crippen molar-refractivity contribution in [2.45, 2.75) is 18.4 Å². The molecule has 5 nitrogen and oxygen atoms in total. The number of carbonyl (C=O) groups excluding carboxylic acids is 1. The van der Waals surface area contributed by atoms with E-state index in [4.69, 9.17) is 4.74 Å². The van der Waals surface area contributed by atoms with Crippen LogP contribution in [0.5, 0.6) is 0 Å². The summed E-state index contributed by atoms with van der Waals surface area (Å²) in [7, 11) is 1.69. The molecule has 1 atom stereocenters. The summed E-state index contributed by atoms with van der Waals surface area (Å²) < 4.78 is 5.30. The summed E-state index contributed by atoms with van der Waals surface area (Å²) in [6.07, 6.45) is 2.12. The highest BCUT2D eigenvalue weighted by Gasteiger charge is 2.33. The van der Waals surface area contributed by atoms with E-state index in [2.05, 4.69) is 16.0 Å². The molecule has 2 aromatic rings. The Morgan fingerprint density at radius 3 is 2.87 bits per heavy atom. The zero-order chi connectivity index (χ0) is 16.1. The summed E-state index contributed by atoms with van der Waals surface area (Å²) in [5, 5.41) is 11.5. The van der Waals surface area contributed by atoms with Crippen LogP contribution in [-0.4, -0.2) is 38.4 Å². The molecule has 1 heterocycles. The molecule has 1 fully saturated rings. The Hall–Kier alpha value is -2.11. The first-order chi connectivity index (χ1) is 11.2. The monoisotopic (exact) mass is 313 g/mol. The maximum Gasteiger partial charge on any atom is 0.319 e. The number of nitrogens with one attached hydrogen (secondary N) is 3. The third kappa shape index (κ3) is 3.63. The van der Waals surface area contributed by atoms with Crippen molar-refractivity contribution in [2.75, 3.05) is 32.1 Å². The molecule has 0 bridgehead atoms. The van der Waals surface area contributed by atoms with Gasteiger partial charge < -0.3 is 20.7 Å². The van der Waals surface area contributed by atoms with Crippen molar-refractivity contribution in [3.63, 3.8) is 0 Å². The van der Waals surface area contributed by atoms with E-state index in [1.807, 2.05) is 42.5 Å². The second kappa shape index (κ2) is 6.98. The van der Waals surface area contributed by atoms with Crippen molar-refractivity contribution < 1.29 is 9.53 Å². The summed E-state index contributed by atoms with van der Waals surface area (Å²) in [4.78, 5) is 12.3. The van der Waals surface area contributed by atoms with Crippen molar-refractivity contribution >= 4 is 22.5 Å². The Labute approximate surface area is 136 Å². The van der Waals surface area contributed by atoms with Gasteiger partial charge in [-0.2, -0.15) is 0 Å². The molecule has 0 saturated carbocycles. The number of benzene rings is 2. The van der Waals surface area contributed by atoms with Gasteiger partial charge >= 0.3 is 6.03 Å². The minimum atomic E-state index is -0.189. The van der Waals surface area contributed by atoms with E-state index in [0.717, 1.165) is 35.8 Å². The summed E-state index contributed by atoms with van der Waals surface area (Å²) in [5.41, 5.74) is 0.672. The van der Waals surface area contributed by atoms with Crippen molar-refractivity contribution in [3.05, 3.63) is 42.5 Å². The lowest BCUT2D eigenvalue weighted by Crippen LogP contribution is -2.53. The molecule has 122 valence electrons. The topological polar surface area (TPSA) is 62.4 Å². The van der Waals surface area contributed by atoms with Crippen molar-refractivity contribution in [1.82, 2.24) is 10.6 Å². The van der Waals surface area contributed by atoms with Crippen molar-refractivity contribution in [2.24, 2.45) is 0 Å². The van der Waals surface area contributed by atoms with Crippen LogP contribution in [0.1, 0.15) is 12.8 Å². The largest absolute Gasteiger partial charge is 0.383 e. The molecule has 0 aromatic heterocycles. The van der Waals surface area contributed by atoms with Gasteiger partial charge in [0.05, 0.1) is 17.8 Å². The van der Waals surface area contributed by atoms with Crippen LogP contribution in [0.15, 0.2) is 42.5 Å². The minimum Gasteiger partial charge on any atom is -0.383 e. The Kier molecular flexibility index (Phi) is 4.79. The molecular formula is C18H23N3O2. The van der Waals surface area contributed by atoms with E-state index in [0.29, 0.717) is 13.2 Å². The van der Waals surface area contributed by atoms with Gasteiger partial charge in [0.15, 0.2) is 0 Å². The number of fused-ring (bicyclic) bond motifs is 1. The molecule has 0 aliphatic carbocycles. The van der Waals surface area contributed by atoms with Crippen LogP contribution in [0.2, 0.25) is 0 Å². The minimum absolute atomic E-state index is 0.148. The Bertz CT molecular complexity index is 676. The van der Waals surface area contributed by atoms with Gasteiger partial charge in [0, 0.05) is 19.0 Å². The van der Waals surface area contributed by atoms with Crippen molar-refractivity contribution in [3.8, 4) is 0 Å². The molecule has 1 aliphatic rings. The third-order valence-electron chi connectivity index (χ3n) is 4.38. The number of urea groups is 1. The molecule has 1 saturated heterocycles. The molecule has 3 N–H and O–H groups in total. The molecule has 0 spiro atoms. The number of rotatable bonds is 5. The molecule has 3 rings (SSSR count). The van der Waals surface area contributed by atoms with Gasteiger partial charge in [-0.25, -0.2) is 4.79 Å². The first-order valence-corrected chi connectivity index (χ1v) is 7.99. The zero-order valence-electron chi connectivity index (χ0n) is 13.4. The number of hydrogen-bond donors (Lipinski definition) is 3. The fourth-order valence-corrected chi connectivity index (χ4v) is 3.22. The van der Waals surface area contributed by atoms with Gasteiger partial charge in [0.1, 0.15) is 0 Å². The van der Waals surface area contributed by atoms with Crippen LogP contribution in [0.4, 0.5) is 10.5 Å². The third-order valence-corrected chi connectivity index (χ3v) is 4.38. The second-order valence-corrected chi connectivity index (χ2v) is 6.08. The average molecular weight is 313 g/mol. The van der Waals surface area contributed by atoms with Crippen molar-refractivity contribution in [1.29, 1.82) is 0 Å². The molecule has 2 amide bonds. The van der Waals surface area contributed by atoms with Gasteiger partial charge in [-0.3, -0.25) is 0 Å². The van der Waals surface area contributed by atoms with Crippen LogP contribution >= 0.6 is 0 Å². The highest BCUT2D eigenvalue weighted by Crippen LogP contribution is 2.23. The zero-order valence-corrected chi connectivity index (χ0v) is 13.4. The lowest BCUT2D eigenvalue weighted by atomic mass is 9.99. The Morgan fingerprint density at radius 2 is 2.09 bits per heavy atom. The molecular weight excluding hydrogens is 290 g/mol. The Morgan fingerprint density at radius 1 is 1.26 bits per heavy atom. The molecule has 1 aliphatic heterocycles. The molecule has 5 heteroatoms. The van der Waals surface area contributed by atoms with E-state index in [1.165, 1.54) is 0 Å². The average Bonchev–Trinajstić information content (AvgIpc) is 3.03. The summed E-state index contributed by atoms with van der Waals surface area (Å²) >= 11 is 0. The molecule has 2 aromatic carbocycles. The van der Waals surface area contributed by atoms with Crippen LogP contribution in [0, 0.1) is 0 Å². The van der Waals surface area contributed by atoms with E-state index < -0.39 is 0 Å². The van der Waals surface area contributed by atoms with E-state index >= 15 is 0 Å². The number of hydrogen-bond acceptors (Lipinski definition) is 3. The first-order valence-electron chi connectivity index (χ1n) is 7.99. The van der Waals surface area contributed by atoms with Crippen LogP contribution in [0.3, 0.4) is 0 Å². The lowest BCUT2D eigenvalue weighted by molar-refractivity contribution is 0.120. The number of carbonyl (C=O) groups is 1. The highest BCUT2D eigenvalue weighted by molar-refractivity contribution is 6.01.